The zero-order valence-corrected chi connectivity index (χ0v) is 11.7. The molecule has 0 aliphatic carbocycles. The molecule has 4 atom stereocenters. The van der Waals surface area contributed by atoms with Crippen LogP contribution in [0.3, 0.4) is 0 Å². The second kappa shape index (κ2) is 5.96. The number of carbonyl (C=O) groups excluding carboxylic acids is 1. The maximum Gasteiger partial charge on any atom is 0.387 e. The molecule has 2 bridgehead atoms. The average molecular weight is 325 g/mol. The van der Waals surface area contributed by atoms with Gasteiger partial charge in [0.25, 0.3) is 0 Å². The van der Waals surface area contributed by atoms with Gasteiger partial charge in [-0.2, -0.15) is 8.78 Å². The second-order valence-electron chi connectivity index (χ2n) is 5.23. The number of aliphatic carboxylic acids is 1. The zero-order valence-electron chi connectivity index (χ0n) is 11.7. The maximum absolute atomic E-state index is 12.3. The Morgan fingerprint density at radius 1 is 1.13 bits per heavy atom. The molecule has 122 valence electrons. The highest BCUT2D eigenvalue weighted by atomic mass is 19.3. The minimum atomic E-state index is -2.93. The fourth-order valence-electron chi connectivity index (χ4n) is 2.86. The van der Waals surface area contributed by atoms with Crippen molar-refractivity contribution in [1.82, 2.24) is 0 Å². The van der Waals surface area contributed by atoms with Crippen molar-refractivity contribution in [1.29, 1.82) is 0 Å². The Balaban J connectivity index is 1.69. The number of rotatable bonds is 5. The average Bonchev–Trinajstić information content (AvgIpc) is 3.09. The molecule has 1 amide bonds. The molecule has 3 rings (SSSR count). The molecule has 0 unspecified atom stereocenters. The van der Waals surface area contributed by atoms with Crippen LogP contribution in [0.1, 0.15) is 0 Å². The normalized spacial score (nSPS) is 28.1. The van der Waals surface area contributed by atoms with E-state index >= 15 is 0 Å². The van der Waals surface area contributed by atoms with Gasteiger partial charge in [-0.1, -0.05) is 12.2 Å². The van der Waals surface area contributed by atoms with Gasteiger partial charge in [0, 0.05) is 5.69 Å². The summed E-state index contributed by atoms with van der Waals surface area (Å²) in [4.78, 5) is 23.7. The van der Waals surface area contributed by atoms with Crippen molar-refractivity contribution < 1.29 is 33.0 Å². The molecule has 2 aliphatic rings. The first-order chi connectivity index (χ1) is 11.0. The first-order valence-electron chi connectivity index (χ1n) is 6.88. The van der Waals surface area contributed by atoms with Gasteiger partial charge in [-0.25, -0.2) is 0 Å². The molecular formula is C15H13F2NO5. The van der Waals surface area contributed by atoms with Crippen molar-refractivity contribution in [2.24, 2.45) is 11.8 Å². The molecule has 6 nitrogen and oxygen atoms in total. The molecule has 0 spiro atoms. The van der Waals surface area contributed by atoms with E-state index in [-0.39, 0.29) is 5.75 Å². The summed E-state index contributed by atoms with van der Waals surface area (Å²) in [5.41, 5.74) is 0.354. The summed E-state index contributed by atoms with van der Waals surface area (Å²) in [6, 6.07) is 5.37. The van der Waals surface area contributed by atoms with Crippen molar-refractivity contribution in [3.8, 4) is 5.75 Å². The van der Waals surface area contributed by atoms with E-state index in [2.05, 4.69) is 10.1 Å². The molecule has 1 fully saturated rings. The van der Waals surface area contributed by atoms with Gasteiger partial charge in [0.15, 0.2) is 0 Å². The number of hydrogen-bond acceptors (Lipinski definition) is 4. The van der Waals surface area contributed by atoms with Gasteiger partial charge >= 0.3 is 12.6 Å². The Morgan fingerprint density at radius 3 is 2.30 bits per heavy atom. The highest BCUT2D eigenvalue weighted by Crippen LogP contribution is 2.39. The van der Waals surface area contributed by atoms with E-state index in [1.165, 1.54) is 24.3 Å². The van der Waals surface area contributed by atoms with E-state index in [1.807, 2.05) is 0 Å². The molecular weight excluding hydrogens is 312 g/mol. The molecule has 2 N–H and O–H groups in total. The lowest BCUT2D eigenvalue weighted by molar-refractivity contribution is -0.145. The molecule has 1 aromatic rings. The molecule has 0 saturated carbocycles. The smallest absolute Gasteiger partial charge is 0.387 e. The summed E-state index contributed by atoms with van der Waals surface area (Å²) in [5.74, 6) is -3.39. The van der Waals surface area contributed by atoms with E-state index in [1.54, 1.807) is 12.2 Å². The fourth-order valence-corrected chi connectivity index (χ4v) is 2.86. The molecule has 0 radical (unpaired) electrons. The van der Waals surface area contributed by atoms with Crippen LogP contribution in [0.5, 0.6) is 5.75 Å². The predicted octanol–water partition coefficient (Wildman–Crippen LogP) is 1.88. The van der Waals surface area contributed by atoms with Gasteiger partial charge in [-0.3, -0.25) is 9.59 Å². The lowest BCUT2D eigenvalue weighted by Crippen LogP contribution is -2.39. The van der Waals surface area contributed by atoms with Gasteiger partial charge in [0.1, 0.15) is 11.7 Å². The van der Waals surface area contributed by atoms with Gasteiger partial charge < -0.3 is 19.9 Å². The molecule has 8 heteroatoms. The van der Waals surface area contributed by atoms with Crippen LogP contribution < -0.4 is 10.1 Å². The third-order valence-electron chi connectivity index (χ3n) is 3.83. The van der Waals surface area contributed by atoms with Crippen molar-refractivity contribution in [3.63, 3.8) is 0 Å². The molecule has 1 aromatic carbocycles. The largest absolute Gasteiger partial charge is 0.481 e. The molecule has 2 aliphatic heterocycles. The highest BCUT2D eigenvalue weighted by molar-refractivity contribution is 5.96. The Hall–Kier alpha value is -2.48. The summed E-state index contributed by atoms with van der Waals surface area (Å²) in [6.45, 7) is -2.93. The van der Waals surface area contributed by atoms with E-state index in [0.29, 0.717) is 5.69 Å². The number of carboxylic acid groups (broad SMARTS) is 1. The Bertz CT molecular complexity index is 646. The molecule has 1 saturated heterocycles. The minimum Gasteiger partial charge on any atom is -0.481 e. The lowest BCUT2D eigenvalue weighted by atomic mass is 9.82. The number of carbonyl (C=O) groups is 2. The number of halogens is 2. The Labute approximate surface area is 129 Å². The van der Waals surface area contributed by atoms with Gasteiger partial charge in [-0.05, 0) is 24.3 Å². The van der Waals surface area contributed by atoms with E-state index < -0.39 is 42.5 Å². The van der Waals surface area contributed by atoms with Crippen LogP contribution in [-0.2, 0) is 14.3 Å². The van der Waals surface area contributed by atoms with Crippen LogP contribution in [0.4, 0.5) is 14.5 Å². The van der Waals surface area contributed by atoms with Crippen molar-refractivity contribution in [2.45, 2.75) is 18.8 Å². The third-order valence-corrected chi connectivity index (χ3v) is 3.83. The number of benzene rings is 1. The number of amides is 1. The van der Waals surface area contributed by atoms with Gasteiger partial charge in [0.05, 0.1) is 18.1 Å². The lowest BCUT2D eigenvalue weighted by Gasteiger charge is -2.21. The third kappa shape index (κ3) is 3.02. The van der Waals surface area contributed by atoms with Crippen molar-refractivity contribution in [3.05, 3.63) is 36.4 Å². The van der Waals surface area contributed by atoms with Gasteiger partial charge in [-0.15, -0.1) is 0 Å². The predicted molar refractivity (Wildman–Crippen MR) is 74.1 cm³/mol. The number of anilines is 1. The van der Waals surface area contributed by atoms with E-state index in [4.69, 9.17) is 4.74 Å². The SMILES string of the molecule is O=C(O)[C@@H]1[C@@H](C(=O)Nc2ccc(OC(F)F)cc2)[C@H]2C=C[C@@H]1O2. The first-order valence-corrected chi connectivity index (χ1v) is 6.88. The summed E-state index contributed by atoms with van der Waals surface area (Å²) < 4.78 is 33.8. The number of hydrogen-bond donors (Lipinski definition) is 2. The van der Waals surface area contributed by atoms with Gasteiger partial charge in [0.2, 0.25) is 5.91 Å². The molecule has 23 heavy (non-hydrogen) atoms. The van der Waals surface area contributed by atoms with Crippen LogP contribution >= 0.6 is 0 Å². The van der Waals surface area contributed by atoms with Crippen LogP contribution in [0.2, 0.25) is 0 Å². The standard InChI is InChI=1S/C15H13F2NO5/c16-15(17)22-8-3-1-7(2-4-8)18-13(19)11-9-5-6-10(23-9)12(11)14(20)21/h1-6,9-12,15H,(H,18,19)(H,20,21)/t9-,10+,11+,12+/m1/s1. The van der Waals surface area contributed by atoms with Crippen LogP contribution in [0, 0.1) is 11.8 Å². The first kappa shape index (κ1) is 15.4. The summed E-state index contributed by atoms with van der Waals surface area (Å²) in [5, 5.41) is 11.8. The fraction of sp³-hybridized carbons (Fsp3) is 0.333. The maximum atomic E-state index is 12.3. The number of ether oxygens (including phenoxy) is 2. The summed E-state index contributed by atoms with van der Waals surface area (Å²) in [7, 11) is 0. The van der Waals surface area contributed by atoms with E-state index in [0.717, 1.165) is 0 Å². The monoisotopic (exact) mass is 325 g/mol. The Kier molecular flexibility index (Phi) is 3.99. The minimum absolute atomic E-state index is 0.0346. The van der Waals surface area contributed by atoms with Crippen LogP contribution in [-0.4, -0.2) is 35.8 Å². The number of nitrogens with one attached hydrogen (secondary N) is 1. The topological polar surface area (TPSA) is 84.9 Å². The summed E-state index contributed by atoms with van der Waals surface area (Å²) in [6.07, 6.45) is 2.15. The summed E-state index contributed by atoms with van der Waals surface area (Å²) >= 11 is 0. The van der Waals surface area contributed by atoms with Crippen LogP contribution in [0.15, 0.2) is 36.4 Å². The number of carboxylic acids is 1. The quantitative estimate of drug-likeness (QED) is 0.808. The Morgan fingerprint density at radius 2 is 1.74 bits per heavy atom. The zero-order chi connectivity index (χ0) is 16.6. The number of fused-ring (bicyclic) bond motifs is 2. The van der Waals surface area contributed by atoms with Crippen LogP contribution in [0.25, 0.3) is 0 Å². The molecule has 0 aromatic heterocycles. The number of alkyl halides is 2. The second-order valence-corrected chi connectivity index (χ2v) is 5.23. The van der Waals surface area contributed by atoms with Crippen molar-refractivity contribution in [2.75, 3.05) is 5.32 Å². The van der Waals surface area contributed by atoms with Crippen molar-refractivity contribution >= 4 is 17.6 Å². The van der Waals surface area contributed by atoms with E-state index in [9.17, 15) is 23.5 Å². The highest BCUT2D eigenvalue weighted by Gasteiger charge is 2.53. The molecule has 2 heterocycles.